The predicted molar refractivity (Wildman–Crippen MR) is 58.4 cm³/mol. The fourth-order valence-corrected chi connectivity index (χ4v) is 4.14. The van der Waals surface area contributed by atoms with Crippen LogP contribution in [0.4, 0.5) is 0 Å². The molecule has 1 heterocycles. The molecule has 1 saturated heterocycles. The zero-order chi connectivity index (χ0) is 10.7. The molecule has 1 rings (SSSR count). The van der Waals surface area contributed by atoms with Crippen molar-refractivity contribution < 1.29 is 20.4 Å². The lowest BCUT2D eigenvalue weighted by molar-refractivity contribution is -0.0951. The zero-order valence-corrected chi connectivity index (χ0v) is 9.54. The summed E-state index contributed by atoms with van der Waals surface area (Å²) in [7, 11) is 0. The van der Waals surface area contributed by atoms with Gasteiger partial charge < -0.3 is 20.4 Å². The number of hydrogen-bond donors (Lipinski definition) is 4. The van der Waals surface area contributed by atoms with E-state index in [9.17, 15) is 15.3 Å². The summed E-state index contributed by atoms with van der Waals surface area (Å²) in [6.07, 6.45) is -4.59. The van der Waals surface area contributed by atoms with Gasteiger partial charge >= 0.3 is 0 Å². The van der Waals surface area contributed by atoms with Crippen LogP contribution in [-0.4, -0.2) is 60.9 Å². The van der Waals surface area contributed by atoms with E-state index in [4.69, 9.17) is 5.11 Å². The van der Waals surface area contributed by atoms with Crippen LogP contribution in [0.25, 0.3) is 0 Å². The van der Waals surface area contributed by atoms with E-state index in [0.29, 0.717) is 0 Å². The quantitative estimate of drug-likeness (QED) is 0.518. The Labute approximate surface area is 91.7 Å². The van der Waals surface area contributed by atoms with E-state index in [0.717, 1.165) is 11.5 Å². The second-order valence-electron chi connectivity index (χ2n) is 3.32. The molecule has 0 aliphatic carbocycles. The summed E-state index contributed by atoms with van der Waals surface area (Å²) >= 11 is 3.14. The Morgan fingerprint density at radius 3 is 1.93 bits per heavy atom. The van der Waals surface area contributed by atoms with Gasteiger partial charge in [-0.05, 0) is 6.92 Å². The summed E-state index contributed by atoms with van der Waals surface area (Å²) in [5.41, 5.74) is 0. The first-order valence-electron chi connectivity index (χ1n) is 4.49. The second-order valence-corrected chi connectivity index (χ2v) is 6.12. The number of hydrogen-bond acceptors (Lipinski definition) is 6. The summed E-state index contributed by atoms with van der Waals surface area (Å²) in [5, 5.41) is 37.6. The first-order valence-corrected chi connectivity index (χ1v) is 6.59. The minimum atomic E-state index is -1.29. The van der Waals surface area contributed by atoms with E-state index >= 15 is 0 Å². The number of thioether (sulfide) groups is 2. The van der Waals surface area contributed by atoms with E-state index in [1.165, 1.54) is 6.92 Å². The van der Waals surface area contributed by atoms with Crippen molar-refractivity contribution in [3.05, 3.63) is 0 Å². The van der Waals surface area contributed by atoms with E-state index in [-0.39, 0.29) is 4.58 Å². The Kier molecular flexibility index (Phi) is 5.02. The molecule has 0 unspecified atom stereocenters. The molecule has 0 amide bonds. The molecule has 0 bridgehead atoms. The van der Waals surface area contributed by atoms with Gasteiger partial charge in [-0.2, -0.15) is 0 Å². The van der Waals surface area contributed by atoms with Crippen molar-refractivity contribution in [2.24, 2.45) is 0 Å². The third kappa shape index (κ3) is 3.01. The predicted octanol–water partition coefficient (Wildman–Crippen LogP) is -0.744. The Morgan fingerprint density at radius 1 is 1.00 bits per heavy atom. The molecule has 4 atom stereocenters. The first kappa shape index (κ1) is 12.6. The van der Waals surface area contributed by atoms with Crippen molar-refractivity contribution in [1.82, 2.24) is 0 Å². The van der Waals surface area contributed by atoms with Crippen LogP contribution in [0.2, 0.25) is 0 Å². The van der Waals surface area contributed by atoms with Gasteiger partial charge in [-0.25, -0.2) is 0 Å². The van der Waals surface area contributed by atoms with E-state index < -0.39 is 24.4 Å². The lowest BCUT2D eigenvalue weighted by Gasteiger charge is -2.27. The highest BCUT2D eigenvalue weighted by Gasteiger charge is 2.35. The highest BCUT2D eigenvalue weighted by molar-refractivity contribution is 8.20. The van der Waals surface area contributed by atoms with Gasteiger partial charge in [0, 0.05) is 11.5 Å². The number of aliphatic hydroxyl groups excluding tert-OH is 4. The second kappa shape index (κ2) is 5.58. The first-order chi connectivity index (χ1) is 6.54. The summed E-state index contributed by atoms with van der Waals surface area (Å²) in [4.78, 5) is 0. The van der Waals surface area contributed by atoms with Gasteiger partial charge in [-0.15, -0.1) is 23.5 Å². The zero-order valence-electron chi connectivity index (χ0n) is 7.91. The highest BCUT2D eigenvalue weighted by Crippen LogP contribution is 2.35. The van der Waals surface area contributed by atoms with E-state index in [2.05, 4.69) is 0 Å². The molecule has 1 aliphatic rings. The normalized spacial score (nSPS) is 27.2. The minimum absolute atomic E-state index is 0.0987. The Bertz CT molecular complexity index is 167. The van der Waals surface area contributed by atoms with E-state index in [1.54, 1.807) is 23.5 Å². The standard InChI is InChI=1S/C8H16O4S2/c1-4(9)5(10)6(11)7(12)8-13-2-3-14-8/h4-12H,2-3H2,1H3/t4-,5+,6+,7-/m1/s1. The molecule has 4 nitrogen and oxygen atoms in total. The van der Waals surface area contributed by atoms with Gasteiger partial charge in [0.1, 0.15) is 18.3 Å². The third-order valence-electron chi connectivity index (χ3n) is 2.12. The van der Waals surface area contributed by atoms with Gasteiger partial charge in [-0.3, -0.25) is 0 Å². The molecule has 0 saturated carbocycles. The van der Waals surface area contributed by atoms with Gasteiger partial charge in [0.15, 0.2) is 0 Å². The van der Waals surface area contributed by atoms with Crippen molar-refractivity contribution in [3.63, 3.8) is 0 Å². The van der Waals surface area contributed by atoms with Crippen molar-refractivity contribution in [2.45, 2.75) is 35.9 Å². The van der Waals surface area contributed by atoms with Crippen molar-refractivity contribution in [3.8, 4) is 0 Å². The van der Waals surface area contributed by atoms with Crippen molar-refractivity contribution >= 4 is 23.5 Å². The van der Waals surface area contributed by atoms with Gasteiger partial charge in [0.25, 0.3) is 0 Å². The molecule has 0 aromatic carbocycles. The maximum Gasteiger partial charge on any atom is 0.110 e. The van der Waals surface area contributed by atoms with Gasteiger partial charge in [0.2, 0.25) is 0 Å². The van der Waals surface area contributed by atoms with Crippen LogP contribution in [-0.2, 0) is 0 Å². The third-order valence-corrected chi connectivity index (χ3v) is 5.29. The molecular formula is C8H16O4S2. The van der Waals surface area contributed by atoms with Gasteiger partial charge in [0.05, 0.1) is 10.7 Å². The molecule has 14 heavy (non-hydrogen) atoms. The molecule has 6 heteroatoms. The van der Waals surface area contributed by atoms with Crippen LogP contribution >= 0.6 is 23.5 Å². The average Bonchev–Trinajstić information content (AvgIpc) is 2.67. The van der Waals surface area contributed by atoms with Crippen LogP contribution < -0.4 is 0 Å². The molecule has 0 aromatic rings. The molecule has 0 spiro atoms. The summed E-state index contributed by atoms with van der Waals surface area (Å²) in [5.74, 6) is 1.90. The molecule has 84 valence electrons. The summed E-state index contributed by atoms with van der Waals surface area (Å²) < 4.78 is -0.0987. The molecule has 4 N–H and O–H groups in total. The largest absolute Gasteiger partial charge is 0.391 e. The lowest BCUT2D eigenvalue weighted by atomic mass is 10.1. The van der Waals surface area contributed by atoms with E-state index in [1.807, 2.05) is 0 Å². The highest BCUT2D eigenvalue weighted by atomic mass is 32.2. The molecule has 1 fully saturated rings. The minimum Gasteiger partial charge on any atom is -0.391 e. The monoisotopic (exact) mass is 240 g/mol. The maximum atomic E-state index is 9.67. The maximum absolute atomic E-state index is 9.67. The van der Waals surface area contributed by atoms with Crippen molar-refractivity contribution in [2.75, 3.05) is 11.5 Å². The fraction of sp³-hybridized carbons (Fsp3) is 1.00. The molecule has 1 aliphatic heterocycles. The fourth-order valence-electron chi connectivity index (χ4n) is 1.22. The molecule has 0 radical (unpaired) electrons. The molecule has 0 aromatic heterocycles. The number of aliphatic hydroxyl groups is 4. The van der Waals surface area contributed by atoms with Crippen molar-refractivity contribution in [1.29, 1.82) is 0 Å². The molecular weight excluding hydrogens is 224 g/mol. The van der Waals surface area contributed by atoms with Crippen LogP contribution in [0.3, 0.4) is 0 Å². The van der Waals surface area contributed by atoms with Crippen LogP contribution in [0.15, 0.2) is 0 Å². The van der Waals surface area contributed by atoms with Crippen LogP contribution in [0, 0.1) is 0 Å². The Morgan fingerprint density at radius 2 is 1.50 bits per heavy atom. The summed E-state index contributed by atoms with van der Waals surface area (Å²) in [6, 6.07) is 0. The lowest BCUT2D eigenvalue weighted by Crippen LogP contribution is -2.46. The average molecular weight is 240 g/mol. The number of rotatable bonds is 4. The Hall–Kier alpha value is 0.540. The van der Waals surface area contributed by atoms with Crippen LogP contribution in [0.5, 0.6) is 0 Å². The SMILES string of the molecule is C[C@@H](O)[C@H](O)[C@H](O)[C@@H](O)C1SCCS1. The van der Waals surface area contributed by atoms with Crippen LogP contribution in [0.1, 0.15) is 6.92 Å². The van der Waals surface area contributed by atoms with Gasteiger partial charge in [-0.1, -0.05) is 0 Å². The smallest absolute Gasteiger partial charge is 0.110 e. The summed E-state index contributed by atoms with van der Waals surface area (Å²) in [6.45, 7) is 1.38. The topological polar surface area (TPSA) is 80.9 Å². The Balaban J connectivity index is 2.45.